The standard InChI is InChI=1S/C14H13N5/c1-19-14(11-7-12(15)9-16-8-11)17-13(18-19)10-5-3-2-4-6-10/h2-9H,15H2,1H3. The van der Waals surface area contributed by atoms with Crippen molar-refractivity contribution in [3.8, 4) is 22.8 Å². The fourth-order valence-electron chi connectivity index (χ4n) is 1.93. The van der Waals surface area contributed by atoms with Crippen LogP contribution in [-0.4, -0.2) is 19.7 Å². The van der Waals surface area contributed by atoms with Gasteiger partial charge in [-0.05, 0) is 6.07 Å². The predicted octanol–water partition coefficient (Wildman–Crippen LogP) is 2.13. The third kappa shape index (κ3) is 2.18. The normalized spacial score (nSPS) is 10.6. The van der Waals surface area contributed by atoms with Crippen molar-refractivity contribution in [1.29, 1.82) is 0 Å². The van der Waals surface area contributed by atoms with Gasteiger partial charge in [-0.3, -0.25) is 4.98 Å². The first kappa shape index (κ1) is 11.4. The zero-order valence-corrected chi connectivity index (χ0v) is 10.5. The highest BCUT2D eigenvalue weighted by Crippen LogP contribution is 2.22. The van der Waals surface area contributed by atoms with Gasteiger partial charge in [-0.25, -0.2) is 9.67 Å². The van der Waals surface area contributed by atoms with Crippen LogP contribution in [-0.2, 0) is 7.05 Å². The van der Waals surface area contributed by atoms with Gasteiger partial charge in [0, 0.05) is 30.6 Å². The summed E-state index contributed by atoms with van der Waals surface area (Å²) in [7, 11) is 1.86. The van der Waals surface area contributed by atoms with Crippen molar-refractivity contribution < 1.29 is 0 Å². The third-order valence-corrected chi connectivity index (χ3v) is 2.81. The van der Waals surface area contributed by atoms with E-state index < -0.39 is 0 Å². The van der Waals surface area contributed by atoms with Gasteiger partial charge in [0.2, 0.25) is 0 Å². The van der Waals surface area contributed by atoms with E-state index in [4.69, 9.17) is 5.73 Å². The van der Waals surface area contributed by atoms with Gasteiger partial charge in [-0.2, -0.15) is 5.10 Å². The second kappa shape index (κ2) is 4.53. The molecule has 0 aliphatic carbocycles. The Bertz CT molecular complexity index is 703. The molecule has 0 aliphatic rings. The van der Waals surface area contributed by atoms with Gasteiger partial charge in [0.05, 0.1) is 5.69 Å². The topological polar surface area (TPSA) is 69.6 Å². The highest BCUT2D eigenvalue weighted by molar-refractivity contribution is 5.63. The van der Waals surface area contributed by atoms with E-state index >= 15 is 0 Å². The fourth-order valence-corrected chi connectivity index (χ4v) is 1.93. The van der Waals surface area contributed by atoms with E-state index in [0.717, 1.165) is 17.0 Å². The highest BCUT2D eigenvalue weighted by Gasteiger charge is 2.11. The Morgan fingerprint density at radius 3 is 2.58 bits per heavy atom. The molecule has 5 nitrogen and oxygen atoms in total. The predicted molar refractivity (Wildman–Crippen MR) is 74.1 cm³/mol. The second-order valence-electron chi connectivity index (χ2n) is 4.26. The minimum atomic E-state index is 0.613. The van der Waals surface area contributed by atoms with Gasteiger partial charge in [-0.15, -0.1) is 0 Å². The van der Waals surface area contributed by atoms with E-state index in [-0.39, 0.29) is 0 Å². The molecule has 0 saturated heterocycles. The summed E-state index contributed by atoms with van der Waals surface area (Å²) in [6.07, 6.45) is 3.34. The number of aromatic nitrogens is 4. The van der Waals surface area contributed by atoms with E-state index in [1.54, 1.807) is 17.1 Å². The van der Waals surface area contributed by atoms with E-state index in [1.165, 1.54) is 0 Å². The summed E-state index contributed by atoms with van der Waals surface area (Å²) < 4.78 is 1.73. The van der Waals surface area contributed by atoms with Gasteiger partial charge in [0.1, 0.15) is 0 Å². The number of pyridine rings is 1. The van der Waals surface area contributed by atoms with Crippen LogP contribution in [0.15, 0.2) is 48.8 Å². The summed E-state index contributed by atoms with van der Waals surface area (Å²) in [5, 5.41) is 4.42. The van der Waals surface area contributed by atoms with E-state index in [2.05, 4.69) is 15.1 Å². The minimum absolute atomic E-state index is 0.613. The summed E-state index contributed by atoms with van der Waals surface area (Å²) >= 11 is 0. The van der Waals surface area contributed by atoms with Crippen LogP contribution in [0.4, 0.5) is 5.69 Å². The summed E-state index contributed by atoms with van der Waals surface area (Å²) in [5.41, 5.74) is 8.20. The van der Waals surface area contributed by atoms with Crippen LogP contribution < -0.4 is 5.73 Å². The first-order valence-electron chi connectivity index (χ1n) is 5.91. The van der Waals surface area contributed by atoms with Crippen molar-refractivity contribution >= 4 is 5.69 Å². The van der Waals surface area contributed by atoms with Gasteiger partial charge in [-0.1, -0.05) is 30.3 Å². The average molecular weight is 251 g/mol. The van der Waals surface area contributed by atoms with E-state index in [1.807, 2.05) is 43.4 Å². The maximum atomic E-state index is 5.74. The number of hydrogen-bond donors (Lipinski definition) is 1. The number of benzene rings is 1. The maximum absolute atomic E-state index is 5.74. The number of nitrogen functional groups attached to an aromatic ring is 1. The first-order chi connectivity index (χ1) is 9.24. The van der Waals surface area contributed by atoms with Crippen LogP contribution in [0.2, 0.25) is 0 Å². The van der Waals surface area contributed by atoms with Gasteiger partial charge < -0.3 is 5.73 Å². The molecule has 2 heterocycles. The van der Waals surface area contributed by atoms with E-state index in [9.17, 15) is 0 Å². The first-order valence-corrected chi connectivity index (χ1v) is 5.91. The number of hydrogen-bond acceptors (Lipinski definition) is 4. The lowest BCUT2D eigenvalue weighted by atomic mass is 10.2. The van der Waals surface area contributed by atoms with Crippen molar-refractivity contribution in [2.45, 2.75) is 0 Å². The Labute approximate surface area is 110 Å². The molecule has 0 radical (unpaired) electrons. The number of aryl methyl sites for hydroxylation is 1. The Hall–Kier alpha value is -2.69. The summed E-state index contributed by atoms with van der Waals surface area (Å²) in [6.45, 7) is 0. The zero-order chi connectivity index (χ0) is 13.2. The highest BCUT2D eigenvalue weighted by atomic mass is 15.3. The summed E-state index contributed by atoms with van der Waals surface area (Å²) in [4.78, 5) is 8.63. The molecule has 0 spiro atoms. The second-order valence-corrected chi connectivity index (χ2v) is 4.26. The lowest BCUT2D eigenvalue weighted by molar-refractivity contribution is 0.777. The molecule has 0 unspecified atom stereocenters. The number of anilines is 1. The van der Waals surface area contributed by atoms with Crippen molar-refractivity contribution in [2.75, 3.05) is 5.73 Å². The Morgan fingerprint density at radius 1 is 1.05 bits per heavy atom. The Morgan fingerprint density at radius 2 is 1.84 bits per heavy atom. The minimum Gasteiger partial charge on any atom is -0.397 e. The molecule has 0 bridgehead atoms. The fraction of sp³-hybridized carbons (Fsp3) is 0.0714. The molecular formula is C14H13N5. The largest absolute Gasteiger partial charge is 0.397 e. The Balaban J connectivity index is 2.08. The molecule has 19 heavy (non-hydrogen) atoms. The third-order valence-electron chi connectivity index (χ3n) is 2.81. The van der Waals surface area contributed by atoms with Crippen molar-refractivity contribution in [2.24, 2.45) is 7.05 Å². The van der Waals surface area contributed by atoms with Crippen LogP contribution >= 0.6 is 0 Å². The smallest absolute Gasteiger partial charge is 0.181 e. The van der Waals surface area contributed by atoms with Crippen LogP contribution in [0.1, 0.15) is 0 Å². The number of nitrogens with zero attached hydrogens (tertiary/aromatic N) is 4. The molecule has 94 valence electrons. The molecule has 5 heteroatoms. The molecule has 1 aromatic carbocycles. The maximum Gasteiger partial charge on any atom is 0.181 e. The molecule has 2 N–H and O–H groups in total. The van der Waals surface area contributed by atoms with Crippen LogP contribution in [0.5, 0.6) is 0 Å². The Kier molecular flexibility index (Phi) is 2.72. The molecule has 0 atom stereocenters. The van der Waals surface area contributed by atoms with Crippen LogP contribution in [0.3, 0.4) is 0 Å². The monoisotopic (exact) mass is 251 g/mol. The van der Waals surface area contributed by atoms with Crippen molar-refractivity contribution in [1.82, 2.24) is 19.7 Å². The average Bonchev–Trinajstić information content (AvgIpc) is 2.82. The van der Waals surface area contributed by atoms with Gasteiger partial charge in [0.15, 0.2) is 11.6 Å². The van der Waals surface area contributed by atoms with Crippen LogP contribution in [0.25, 0.3) is 22.8 Å². The quantitative estimate of drug-likeness (QED) is 0.757. The summed E-state index contributed by atoms with van der Waals surface area (Å²) in [6, 6.07) is 11.7. The van der Waals surface area contributed by atoms with Crippen molar-refractivity contribution in [3.05, 3.63) is 48.8 Å². The zero-order valence-electron chi connectivity index (χ0n) is 10.5. The lowest BCUT2D eigenvalue weighted by Crippen LogP contribution is -1.96. The summed E-state index contributed by atoms with van der Waals surface area (Å²) in [5.74, 6) is 1.44. The molecule has 3 aromatic rings. The number of rotatable bonds is 2. The molecule has 0 fully saturated rings. The van der Waals surface area contributed by atoms with Crippen LogP contribution in [0, 0.1) is 0 Å². The van der Waals surface area contributed by atoms with Gasteiger partial charge in [0.25, 0.3) is 0 Å². The number of nitrogens with two attached hydrogens (primary N) is 1. The van der Waals surface area contributed by atoms with Gasteiger partial charge >= 0.3 is 0 Å². The lowest BCUT2D eigenvalue weighted by Gasteiger charge is -1.99. The van der Waals surface area contributed by atoms with Crippen molar-refractivity contribution in [3.63, 3.8) is 0 Å². The molecule has 2 aromatic heterocycles. The molecular weight excluding hydrogens is 238 g/mol. The SMILES string of the molecule is Cn1nc(-c2ccccc2)nc1-c1cncc(N)c1. The molecule has 0 amide bonds. The molecule has 0 aliphatic heterocycles. The van der Waals surface area contributed by atoms with E-state index in [0.29, 0.717) is 11.5 Å². The molecule has 0 saturated carbocycles. The molecule has 3 rings (SSSR count).